The van der Waals surface area contributed by atoms with E-state index in [-0.39, 0.29) is 0 Å². The van der Waals surface area contributed by atoms with E-state index in [1.807, 2.05) is 66.5 Å². The Hall–Kier alpha value is -4.07. The second kappa shape index (κ2) is 7.16. The minimum absolute atomic E-state index is 0.463. The van der Waals surface area contributed by atoms with Gasteiger partial charge in [-0.1, -0.05) is 23.4 Å². The number of rotatable bonds is 5. The van der Waals surface area contributed by atoms with Gasteiger partial charge in [0.05, 0.1) is 18.4 Å². The summed E-state index contributed by atoms with van der Waals surface area (Å²) in [7, 11) is 1.96. The highest BCUT2D eigenvalue weighted by Crippen LogP contribution is 2.24. The van der Waals surface area contributed by atoms with Crippen molar-refractivity contribution in [1.29, 1.82) is 0 Å². The van der Waals surface area contributed by atoms with E-state index in [9.17, 15) is 0 Å². The van der Waals surface area contributed by atoms with Gasteiger partial charge in [0, 0.05) is 42.7 Å². The van der Waals surface area contributed by atoms with Gasteiger partial charge in [0.25, 0.3) is 5.89 Å². The maximum Gasteiger partial charge on any atom is 0.257 e. The summed E-state index contributed by atoms with van der Waals surface area (Å²) in [6, 6.07) is 17.5. The summed E-state index contributed by atoms with van der Waals surface area (Å²) in [5, 5.41) is 8.53. The monoisotopic (exact) mass is 383 g/mol. The molecule has 0 aliphatic carbocycles. The van der Waals surface area contributed by atoms with Crippen molar-refractivity contribution in [2.24, 2.45) is 0 Å². The van der Waals surface area contributed by atoms with Gasteiger partial charge in [-0.05, 0) is 24.3 Å². The standard InChI is InChI=1S/C21H17N7O/c1-27(14-18-25-21(29-26-18)16-5-3-2-4-6-16)20-13-17(15-7-10-22-11-8-15)24-19-9-12-23-28(19)20/h2-13H,14H2,1H3. The first-order chi connectivity index (χ1) is 14.3. The van der Waals surface area contributed by atoms with Crippen molar-refractivity contribution in [1.82, 2.24) is 29.7 Å². The summed E-state index contributed by atoms with van der Waals surface area (Å²) in [5.41, 5.74) is 3.50. The molecular weight excluding hydrogens is 366 g/mol. The second-order valence-corrected chi connectivity index (χ2v) is 6.57. The van der Waals surface area contributed by atoms with E-state index >= 15 is 0 Å². The number of benzene rings is 1. The molecule has 142 valence electrons. The van der Waals surface area contributed by atoms with Crippen molar-refractivity contribution in [3.63, 3.8) is 0 Å². The molecule has 4 heterocycles. The van der Waals surface area contributed by atoms with Gasteiger partial charge in [-0.2, -0.15) is 14.6 Å². The smallest absolute Gasteiger partial charge is 0.257 e. The molecule has 0 saturated heterocycles. The van der Waals surface area contributed by atoms with E-state index < -0.39 is 0 Å². The molecule has 29 heavy (non-hydrogen) atoms. The van der Waals surface area contributed by atoms with E-state index in [2.05, 4.69) is 20.2 Å². The van der Waals surface area contributed by atoms with E-state index in [0.717, 1.165) is 28.3 Å². The molecule has 0 amide bonds. The normalized spacial score (nSPS) is 11.1. The first-order valence-corrected chi connectivity index (χ1v) is 9.12. The quantitative estimate of drug-likeness (QED) is 0.459. The molecule has 0 unspecified atom stereocenters. The maximum absolute atomic E-state index is 5.42. The summed E-state index contributed by atoms with van der Waals surface area (Å²) in [5.74, 6) is 1.97. The molecule has 0 fully saturated rings. The Labute approximate surface area is 166 Å². The number of hydrogen-bond donors (Lipinski definition) is 0. The van der Waals surface area contributed by atoms with Crippen molar-refractivity contribution in [3.05, 3.63) is 79.0 Å². The van der Waals surface area contributed by atoms with Crippen LogP contribution in [0.15, 0.2) is 77.7 Å². The first kappa shape index (κ1) is 17.1. The number of nitrogens with zero attached hydrogens (tertiary/aromatic N) is 7. The van der Waals surface area contributed by atoms with Gasteiger partial charge in [0.15, 0.2) is 11.5 Å². The molecule has 4 aromatic heterocycles. The second-order valence-electron chi connectivity index (χ2n) is 6.57. The Balaban J connectivity index is 1.47. The molecule has 0 bridgehead atoms. The van der Waals surface area contributed by atoms with Gasteiger partial charge in [0.1, 0.15) is 5.82 Å². The van der Waals surface area contributed by atoms with Crippen LogP contribution in [0.4, 0.5) is 5.82 Å². The zero-order chi connectivity index (χ0) is 19.6. The topological polar surface area (TPSA) is 85.2 Å². The lowest BCUT2D eigenvalue weighted by Gasteiger charge is -2.19. The average molecular weight is 383 g/mol. The van der Waals surface area contributed by atoms with Crippen molar-refractivity contribution in [3.8, 4) is 22.7 Å². The van der Waals surface area contributed by atoms with Crippen LogP contribution < -0.4 is 4.90 Å². The summed E-state index contributed by atoms with van der Waals surface area (Å²) in [4.78, 5) is 15.3. The van der Waals surface area contributed by atoms with Crippen molar-refractivity contribution in [2.45, 2.75) is 6.54 Å². The fourth-order valence-corrected chi connectivity index (χ4v) is 3.15. The highest BCUT2D eigenvalue weighted by atomic mass is 16.5. The van der Waals surface area contributed by atoms with Crippen molar-refractivity contribution in [2.75, 3.05) is 11.9 Å². The number of hydrogen-bond acceptors (Lipinski definition) is 7. The molecule has 8 nitrogen and oxygen atoms in total. The predicted octanol–water partition coefficient (Wildman–Crippen LogP) is 3.48. The molecule has 0 radical (unpaired) electrons. The molecule has 0 spiro atoms. The highest BCUT2D eigenvalue weighted by Gasteiger charge is 2.15. The molecule has 0 aliphatic heterocycles. The highest BCUT2D eigenvalue weighted by molar-refractivity contribution is 5.66. The van der Waals surface area contributed by atoms with Gasteiger partial charge < -0.3 is 9.42 Å². The number of anilines is 1. The van der Waals surface area contributed by atoms with Gasteiger partial charge in [0.2, 0.25) is 0 Å². The molecule has 0 aliphatic rings. The fourth-order valence-electron chi connectivity index (χ4n) is 3.15. The van der Waals surface area contributed by atoms with E-state index in [1.165, 1.54) is 0 Å². The summed E-state index contributed by atoms with van der Waals surface area (Å²) < 4.78 is 7.22. The van der Waals surface area contributed by atoms with Crippen LogP contribution in [0, 0.1) is 0 Å². The van der Waals surface area contributed by atoms with E-state index in [4.69, 9.17) is 9.51 Å². The van der Waals surface area contributed by atoms with Crippen LogP contribution in [0.1, 0.15) is 5.82 Å². The third-order valence-electron chi connectivity index (χ3n) is 4.58. The lowest BCUT2D eigenvalue weighted by Crippen LogP contribution is -2.21. The Bertz CT molecular complexity index is 1250. The van der Waals surface area contributed by atoms with Crippen LogP contribution >= 0.6 is 0 Å². The minimum atomic E-state index is 0.463. The van der Waals surface area contributed by atoms with E-state index in [0.29, 0.717) is 18.3 Å². The van der Waals surface area contributed by atoms with Crippen LogP contribution in [-0.2, 0) is 6.54 Å². The lowest BCUT2D eigenvalue weighted by molar-refractivity contribution is 0.422. The largest absolute Gasteiger partial charge is 0.352 e. The number of fused-ring (bicyclic) bond motifs is 1. The summed E-state index contributed by atoms with van der Waals surface area (Å²) in [6.07, 6.45) is 5.24. The zero-order valence-electron chi connectivity index (χ0n) is 15.7. The summed E-state index contributed by atoms with van der Waals surface area (Å²) in [6.45, 7) is 0.463. The zero-order valence-corrected chi connectivity index (χ0v) is 15.7. The summed E-state index contributed by atoms with van der Waals surface area (Å²) >= 11 is 0. The third-order valence-corrected chi connectivity index (χ3v) is 4.58. The minimum Gasteiger partial charge on any atom is -0.352 e. The van der Waals surface area contributed by atoms with Crippen LogP contribution in [0.25, 0.3) is 28.4 Å². The Kier molecular flexibility index (Phi) is 4.21. The number of aromatic nitrogens is 6. The Morgan fingerprint density at radius 3 is 2.59 bits per heavy atom. The van der Waals surface area contributed by atoms with Gasteiger partial charge in [-0.3, -0.25) is 4.98 Å². The molecule has 5 aromatic rings. The van der Waals surface area contributed by atoms with Crippen LogP contribution in [0.2, 0.25) is 0 Å². The molecule has 8 heteroatoms. The van der Waals surface area contributed by atoms with E-state index in [1.54, 1.807) is 23.1 Å². The first-order valence-electron chi connectivity index (χ1n) is 9.12. The Morgan fingerprint density at radius 1 is 0.931 bits per heavy atom. The van der Waals surface area contributed by atoms with Crippen LogP contribution in [0.3, 0.4) is 0 Å². The average Bonchev–Trinajstić information content (AvgIpc) is 3.44. The predicted molar refractivity (Wildman–Crippen MR) is 108 cm³/mol. The van der Waals surface area contributed by atoms with Crippen LogP contribution in [-0.4, -0.2) is 36.8 Å². The SMILES string of the molecule is CN(Cc1noc(-c2ccccc2)n1)c1cc(-c2ccncc2)nc2ccnn12. The maximum atomic E-state index is 5.42. The van der Waals surface area contributed by atoms with Gasteiger partial charge in [-0.25, -0.2) is 4.98 Å². The molecule has 0 saturated carbocycles. The van der Waals surface area contributed by atoms with Crippen LogP contribution in [0.5, 0.6) is 0 Å². The third kappa shape index (κ3) is 3.31. The Morgan fingerprint density at radius 2 is 1.76 bits per heavy atom. The molecule has 1 aromatic carbocycles. The van der Waals surface area contributed by atoms with Crippen molar-refractivity contribution < 1.29 is 4.52 Å². The fraction of sp³-hybridized carbons (Fsp3) is 0.0952. The molecule has 5 rings (SSSR count). The van der Waals surface area contributed by atoms with Gasteiger partial charge >= 0.3 is 0 Å². The van der Waals surface area contributed by atoms with Gasteiger partial charge in [-0.15, -0.1) is 0 Å². The van der Waals surface area contributed by atoms with Crippen molar-refractivity contribution >= 4 is 11.5 Å². The molecule has 0 atom stereocenters. The molecular formula is C21H17N7O. The molecule has 0 N–H and O–H groups in total. The number of pyridine rings is 1. The lowest BCUT2D eigenvalue weighted by atomic mass is 10.2.